The number of halogens is 1. The molecule has 0 radical (unpaired) electrons. The van der Waals surface area contributed by atoms with Gasteiger partial charge in [-0.25, -0.2) is 0 Å². The van der Waals surface area contributed by atoms with Crippen molar-refractivity contribution in [1.82, 2.24) is 0 Å². The first-order valence-electron chi connectivity index (χ1n) is 2.69. The first-order valence-corrected chi connectivity index (χ1v) is 2.69. The zero-order valence-electron chi connectivity index (χ0n) is 5.10. The number of amides is 1. The fraction of sp³-hybridized carbons (Fsp3) is 0.800. The maximum Gasteiger partial charge on any atom is 0.243 e. The number of hydrogen-bond donors (Lipinski definition) is 1. The summed E-state index contributed by atoms with van der Waals surface area (Å²) in [5.74, 6) is -0.520. The van der Waals surface area contributed by atoms with Gasteiger partial charge in [-0.15, -0.1) is 0 Å². The van der Waals surface area contributed by atoms with Crippen molar-refractivity contribution in [3.8, 4) is 0 Å². The van der Waals surface area contributed by atoms with Crippen LogP contribution in [0.4, 0.5) is 4.39 Å². The van der Waals surface area contributed by atoms with Crippen molar-refractivity contribution in [1.29, 1.82) is 0 Å². The van der Waals surface area contributed by atoms with Crippen molar-refractivity contribution < 1.29 is 13.9 Å². The van der Waals surface area contributed by atoms with Crippen LogP contribution in [0.15, 0.2) is 0 Å². The van der Waals surface area contributed by atoms with E-state index < -0.39 is 12.6 Å². The van der Waals surface area contributed by atoms with Crippen molar-refractivity contribution in [3.63, 3.8) is 0 Å². The summed E-state index contributed by atoms with van der Waals surface area (Å²) in [5, 5.41) is 0. The van der Waals surface area contributed by atoms with Crippen LogP contribution in [0.25, 0.3) is 0 Å². The molecule has 9 heavy (non-hydrogen) atoms. The molecule has 0 aliphatic heterocycles. The molecule has 0 saturated heterocycles. The van der Waals surface area contributed by atoms with Crippen molar-refractivity contribution in [2.75, 3.05) is 19.9 Å². The number of primary amides is 1. The van der Waals surface area contributed by atoms with E-state index in [0.717, 1.165) is 0 Å². The monoisotopic (exact) mass is 135 g/mol. The van der Waals surface area contributed by atoms with Gasteiger partial charge in [0.1, 0.15) is 6.61 Å². The highest BCUT2D eigenvalue weighted by Gasteiger charge is 1.91. The molecule has 2 N–H and O–H groups in total. The molecule has 0 saturated carbocycles. The second-order valence-corrected chi connectivity index (χ2v) is 1.56. The van der Waals surface area contributed by atoms with Gasteiger partial charge in [0, 0.05) is 6.61 Å². The molecule has 0 fully saturated rings. The molecule has 0 heterocycles. The largest absolute Gasteiger partial charge is 0.372 e. The third-order valence-corrected chi connectivity index (χ3v) is 0.667. The predicted molar refractivity (Wildman–Crippen MR) is 30.6 cm³/mol. The molecule has 0 aliphatic rings. The van der Waals surface area contributed by atoms with Gasteiger partial charge in [0.25, 0.3) is 0 Å². The van der Waals surface area contributed by atoms with Gasteiger partial charge >= 0.3 is 0 Å². The summed E-state index contributed by atoms with van der Waals surface area (Å²) in [4.78, 5) is 9.97. The second-order valence-electron chi connectivity index (χ2n) is 1.56. The molecule has 54 valence electrons. The molecule has 0 rings (SSSR count). The Morgan fingerprint density at radius 1 is 1.67 bits per heavy atom. The predicted octanol–water partition coefficient (Wildman–Crippen LogP) is -0.152. The number of hydrogen-bond acceptors (Lipinski definition) is 2. The molecule has 0 aromatic rings. The standard InChI is InChI=1S/C5H10FNO2/c6-2-1-3-9-4-5(7)8/h1-4H2,(H2,7,8). The van der Waals surface area contributed by atoms with Gasteiger partial charge in [-0.05, 0) is 6.42 Å². The SMILES string of the molecule is NC(=O)COCCCF. The Balaban J connectivity index is 2.83. The maximum absolute atomic E-state index is 11.3. The first-order chi connectivity index (χ1) is 4.27. The van der Waals surface area contributed by atoms with Crippen LogP contribution >= 0.6 is 0 Å². The molecule has 0 aliphatic carbocycles. The minimum Gasteiger partial charge on any atom is -0.372 e. The van der Waals surface area contributed by atoms with Crippen molar-refractivity contribution >= 4 is 5.91 Å². The molecular formula is C5H10FNO2. The van der Waals surface area contributed by atoms with Gasteiger partial charge in [0.15, 0.2) is 0 Å². The summed E-state index contributed by atoms with van der Waals surface area (Å²) in [5.41, 5.74) is 4.72. The van der Waals surface area contributed by atoms with E-state index in [1.165, 1.54) is 0 Å². The number of ether oxygens (including phenoxy) is 1. The Hall–Kier alpha value is -0.640. The molecule has 0 bridgehead atoms. The van der Waals surface area contributed by atoms with Gasteiger partial charge in [-0.3, -0.25) is 9.18 Å². The molecule has 0 atom stereocenters. The Morgan fingerprint density at radius 3 is 2.78 bits per heavy atom. The number of nitrogens with two attached hydrogens (primary N) is 1. The summed E-state index contributed by atoms with van der Waals surface area (Å²) in [7, 11) is 0. The van der Waals surface area contributed by atoms with Crippen LogP contribution in [0.1, 0.15) is 6.42 Å². The van der Waals surface area contributed by atoms with Gasteiger partial charge in [0.2, 0.25) is 5.91 Å². The Labute approximate surface area is 53.0 Å². The van der Waals surface area contributed by atoms with E-state index in [1.807, 2.05) is 0 Å². The number of rotatable bonds is 5. The van der Waals surface area contributed by atoms with E-state index in [1.54, 1.807) is 0 Å². The highest BCUT2D eigenvalue weighted by atomic mass is 19.1. The molecule has 0 aromatic heterocycles. The molecule has 0 spiro atoms. The molecule has 4 heteroatoms. The van der Waals surface area contributed by atoms with Crippen molar-refractivity contribution in [2.45, 2.75) is 6.42 Å². The average Bonchev–Trinajstić information content (AvgIpc) is 1.80. The Bertz CT molecular complexity index is 87.0. The maximum atomic E-state index is 11.3. The van der Waals surface area contributed by atoms with Crippen LogP contribution in [-0.4, -0.2) is 25.8 Å². The quantitative estimate of drug-likeness (QED) is 0.533. The summed E-state index contributed by atoms with van der Waals surface area (Å²) < 4.78 is 15.9. The van der Waals surface area contributed by atoms with Crippen LogP contribution in [0.5, 0.6) is 0 Å². The van der Waals surface area contributed by atoms with E-state index in [-0.39, 0.29) is 13.2 Å². The normalized spacial score (nSPS) is 9.44. The van der Waals surface area contributed by atoms with Crippen molar-refractivity contribution in [3.05, 3.63) is 0 Å². The summed E-state index contributed by atoms with van der Waals surface area (Å²) in [6, 6.07) is 0. The fourth-order valence-corrected chi connectivity index (χ4v) is 0.329. The van der Waals surface area contributed by atoms with E-state index >= 15 is 0 Å². The van der Waals surface area contributed by atoms with Gasteiger partial charge < -0.3 is 10.5 Å². The number of carbonyl (C=O) groups is 1. The van der Waals surface area contributed by atoms with E-state index in [0.29, 0.717) is 6.42 Å². The third-order valence-electron chi connectivity index (χ3n) is 0.667. The lowest BCUT2D eigenvalue weighted by atomic mass is 10.5. The van der Waals surface area contributed by atoms with Gasteiger partial charge in [0.05, 0.1) is 6.67 Å². The molecule has 0 unspecified atom stereocenters. The van der Waals surface area contributed by atoms with Crippen LogP contribution in [0, 0.1) is 0 Å². The highest BCUT2D eigenvalue weighted by molar-refractivity contribution is 5.74. The lowest BCUT2D eigenvalue weighted by Gasteiger charge is -1.96. The van der Waals surface area contributed by atoms with Crippen LogP contribution < -0.4 is 5.73 Å². The van der Waals surface area contributed by atoms with Crippen LogP contribution in [-0.2, 0) is 9.53 Å². The van der Waals surface area contributed by atoms with E-state index in [4.69, 9.17) is 5.73 Å². The zero-order valence-corrected chi connectivity index (χ0v) is 5.10. The average molecular weight is 135 g/mol. The first kappa shape index (κ1) is 8.36. The Morgan fingerprint density at radius 2 is 2.33 bits per heavy atom. The summed E-state index contributed by atoms with van der Waals surface area (Å²) >= 11 is 0. The minimum atomic E-state index is -0.520. The minimum absolute atomic E-state index is 0.111. The smallest absolute Gasteiger partial charge is 0.243 e. The lowest BCUT2D eigenvalue weighted by Crippen LogP contribution is -2.18. The zero-order chi connectivity index (χ0) is 7.11. The van der Waals surface area contributed by atoms with E-state index in [2.05, 4.69) is 4.74 Å². The van der Waals surface area contributed by atoms with E-state index in [9.17, 15) is 9.18 Å². The van der Waals surface area contributed by atoms with Gasteiger partial charge in [-0.1, -0.05) is 0 Å². The highest BCUT2D eigenvalue weighted by Crippen LogP contribution is 1.81. The number of alkyl halides is 1. The lowest BCUT2D eigenvalue weighted by molar-refractivity contribution is -0.122. The number of carbonyl (C=O) groups excluding carboxylic acids is 1. The van der Waals surface area contributed by atoms with Crippen LogP contribution in [0.2, 0.25) is 0 Å². The summed E-state index contributed by atoms with van der Waals surface area (Å²) in [6.07, 6.45) is 0.327. The van der Waals surface area contributed by atoms with Crippen molar-refractivity contribution in [2.24, 2.45) is 5.73 Å². The fourth-order valence-electron chi connectivity index (χ4n) is 0.329. The summed E-state index contributed by atoms with van der Waals surface area (Å²) in [6.45, 7) is -0.266. The molecular weight excluding hydrogens is 125 g/mol. The molecule has 3 nitrogen and oxygen atoms in total. The second kappa shape index (κ2) is 5.50. The molecule has 0 aromatic carbocycles. The van der Waals surface area contributed by atoms with Gasteiger partial charge in [-0.2, -0.15) is 0 Å². The Kier molecular flexibility index (Phi) is 5.11. The topological polar surface area (TPSA) is 52.3 Å². The molecule has 1 amide bonds. The third kappa shape index (κ3) is 7.36. The van der Waals surface area contributed by atoms with Crippen LogP contribution in [0.3, 0.4) is 0 Å².